The van der Waals surface area contributed by atoms with E-state index in [1.165, 1.54) is 0 Å². The second-order valence-electron chi connectivity index (χ2n) is 7.08. The molecule has 0 bridgehead atoms. The van der Waals surface area contributed by atoms with E-state index in [9.17, 15) is 4.79 Å². The van der Waals surface area contributed by atoms with Crippen molar-refractivity contribution in [2.45, 2.75) is 20.0 Å². The number of fused-ring (bicyclic) bond motifs is 1. The highest BCUT2D eigenvalue weighted by atomic mass is 16.5. The van der Waals surface area contributed by atoms with Crippen LogP contribution in [0.2, 0.25) is 0 Å². The van der Waals surface area contributed by atoms with Gasteiger partial charge in [0.25, 0.3) is 5.91 Å². The largest absolute Gasteiger partial charge is 0.497 e. The number of carbonyl (C=O) groups excluding carboxylic acids is 1. The molecule has 0 spiro atoms. The van der Waals surface area contributed by atoms with E-state index in [1.807, 2.05) is 62.4 Å². The molecule has 0 aliphatic rings. The van der Waals surface area contributed by atoms with Crippen molar-refractivity contribution < 1.29 is 18.7 Å². The Balaban J connectivity index is 1.49. The van der Waals surface area contributed by atoms with Crippen molar-refractivity contribution in [1.82, 2.24) is 4.98 Å². The average molecular weight is 402 g/mol. The summed E-state index contributed by atoms with van der Waals surface area (Å²) in [6, 6.07) is 20.0. The summed E-state index contributed by atoms with van der Waals surface area (Å²) in [6.07, 6.45) is 0.0452. The fourth-order valence-corrected chi connectivity index (χ4v) is 3.04. The van der Waals surface area contributed by atoms with Gasteiger partial charge in [0.2, 0.25) is 5.89 Å². The molecule has 1 amide bonds. The quantitative estimate of drug-likeness (QED) is 0.458. The van der Waals surface area contributed by atoms with Crippen LogP contribution in [0.3, 0.4) is 0 Å². The van der Waals surface area contributed by atoms with Crippen molar-refractivity contribution >= 4 is 22.7 Å². The van der Waals surface area contributed by atoms with Crippen LogP contribution in [0, 0.1) is 0 Å². The Morgan fingerprint density at radius 1 is 1.00 bits per heavy atom. The van der Waals surface area contributed by atoms with Crippen molar-refractivity contribution in [2.75, 3.05) is 12.4 Å². The SMILES string of the molecule is COc1ccc2oc(-c3ccc(NC(=O)c4cccc(OC(C)C)c4)cc3)nc2c1. The number of methoxy groups -OCH3 is 1. The average Bonchev–Trinajstić information content (AvgIpc) is 3.17. The lowest BCUT2D eigenvalue weighted by molar-refractivity contribution is 0.102. The topological polar surface area (TPSA) is 73.6 Å². The minimum Gasteiger partial charge on any atom is -0.497 e. The highest BCUT2D eigenvalue weighted by Crippen LogP contribution is 2.28. The number of hydrogen-bond donors (Lipinski definition) is 1. The van der Waals surface area contributed by atoms with Gasteiger partial charge in [-0.25, -0.2) is 4.98 Å². The van der Waals surface area contributed by atoms with Crippen LogP contribution in [0.15, 0.2) is 71.1 Å². The standard InChI is InChI=1S/C24H22N2O4/c1-15(2)29-20-6-4-5-17(13-20)23(27)25-18-9-7-16(8-10-18)24-26-21-14-19(28-3)11-12-22(21)30-24/h4-15H,1-3H3,(H,25,27). The molecule has 0 aliphatic carbocycles. The summed E-state index contributed by atoms with van der Waals surface area (Å²) in [5, 5.41) is 2.90. The fraction of sp³-hybridized carbons (Fsp3) is 0.167. The summed E-state index contributed by atoms with van der Waals surface area (Å²) in [7, 11) is 1.61. The molecular formula is C24H22N2O4. The van der Waals surface area contributed by atoms with E-state index in [1.54, 1.807) is 25.3 Å². The van der Waals surface area contributed by atoms with Crippen molar-refractivity contribution in [1.29, 1.82) is 0 Å². The van der Waals surface area contributed by atoms with Crippen molar-refractivity contribution in [2.24, 2.45) is 0 Å². The Morgan fingerprint density at radius 3 is 2.53 bits per heavy atom. The van der Waals surface area contributed by atoms with E-state index in [0.717, 1.165) is 16.8 Å². The number of amides is 1. The molecule has 1 heterocycles. The first-order valence-electron chi connectivity index (χ1n) is 9.65. The first-order chi connectivity index (χ1) is 14.5. The van der Waals surface area contributed by atoms with Crippen molar-refractivity contribution in [3.05, 3.63) is 72.3 Å². The third kappa shape index (κ3) is 4.27. The van der Waals surface area contributed by atoms with Gasteiger partial charge in [-0.1, -0.05) is 6.07 Å². The van der Waals surface area contributed by atoms with Gasteiger partial charge in [-0.05, 0) is 68.4 Å². The number of oxazole rings is 1. The molecule has 0 radical (unpaired) electrons. The molecule has 0 saturated heterocycles. The van der Waals surface area contributed by atoms with Crippen LogP contribution in [0.4, 0.5) is 5.69 Å². The molecule has 0 fully saturated rings. The molecular weight excluding hydrogens is 380 g/mol. The van der Waals surface area contributed by atoms with Gasteiger partial charge in [0.05, 0.1) is 13.2 Å². The number of nitrogens with zero attached hydrogens (tertiary/aromatic N) is 1. The zero-order valence-electron chi connectivity index (χ0n) is 17.0. The number of rotatable bonds is 6. The van der Waals surface area contributed by atoms with E-state index in [0.29, 0.717) is 28.5 Å². The highest BCUT2D eigenvalue weighted by molar-refractivity contribution is 6.04. The second-order valence-corrected chi connectivity index (χ2v) is 7.08. The van der Waals surface area contributed by atoms with Gasteiger partial charge in [-0.3, -0.25) is 4.79 Å². The molecule has 30 heavy (non-hydrogen) atoms. The summed E-state index contributed by atoms with van der Waals surface area (Å²) in [6.45, 7) is 3.89. The smallest absolute Gasteiger partial charge is 0.255 e. The number of hydrogen-bond acceptors (Lipinski definition) is 5. The molecule has 1 N–H and O–H groups in total. The van der Waals surface area contributed by atoms with Gasteiger partial charge >= 0.3 is 0 Å². The van der Waals surface area contributed by atoms with Gasteiger partial charge < -0.3 is 19.2 Å². The minimum atomic E-state index is -0.203. The lowest BCUT2D eigenvalue weighted by Gasteiger charge is -2.11. The van der Waals surface area contributed by atoms with Gasteiger partial charge in [-0.15, -0.1) is 0 Å². The molecule has 152 valence electrons. The fourth-order valence-electron chi connectivity index (χ4n) is 3.04. The maximum atomic E-state index is 12.6. The zero-order chi connectivity index (χ0) is 21.1. The Hall–Kier alpha value is -3.80. The van der Waals surface area contributed by atoms with Crippen LogP contribution in [0.25, 0.3) is 22.6 Å². The van der Waals surface area contributed by atoms with Gasteiger partial charge in [0, 0.05) is 22.9 Å². The van der Waals surface area contributed by atoms with Gasteiger partial charge in [0.1, 0.15) is 17.0 Å². The summed E-state index contributed by atoms with van der Waals surface area (Å²) < 4.78 is 16.7. The van der Waals surface area contributed by atoms with Crippen LogP contribution < -0.4 is 14.8 Å². The molecule has 1 aromatic heterocycles. The molecule has 6 heteroatoms. The summed E-state index contributed by atoms with van der Waals surface area (Å²) in [4.78, 5) is 17.1. The molecule has 4 aromatic rings. The summed E-state index contributed by atoms with van der Waals surface area (Å²) >= 11 is 0. The lowest BCUT2D eigenvalue weighted by Crippen LogP contribution is -2.12. The maximum absolute atomic E-state index is 12.6. The zero-order valence-corrected chi connectivity index (χ0v) is 17.0. The predicted molar refractivity (Wildman–Crippen MR) is 116 cm³/mol. The Kier molecular flexibility index (Phi) is 5.39. The molecule has 6 nitrogen and oxygen atoms in total. The van der Waals surface area contributed by atoms with E-state index in [-0.39, 0.29) is 12.0 Å². The van der Waals surface area contributed by atoms with Crippen LogP contribution in [0.1, 0.15) is 24.2 Å². The summed E-state index contributed by atoms with van der Waals surface area (Å²) in [5.74, 6) is 1.70. The van der Waals surface area contributed by atoms with Crippen LogP contribution in [-0.2, 0) is 0 Å². The number of anilines is 1. The van der Waals surface area contributed by atoms with Crippen molar-refractivity contribution in [3.63, 3.8) is 0 Å². The third-order valence-electron chi connectivity index (χ3n) is 4.45. The van der Waals surface area contributed by atoms with E-state index in [2.05, 4.69) is 10.3 Å². The Bertz CT molecular complexity index is 1180. The number of benzene rings is 3. The molecule has 0 unspecified atom stereocenters. The van der Waals surface area contributed by atoms with E-state index >= 15 is 0 Å². The van der Waals surface area contributed by atoms with Gasteiger partial charge in [-0.2, -0.15) is 0 Å². The first kappa shape index (κ1) is 19.5. The maximum Gasteiger partial charge on any atom is 0.255 e. The number of carbonyl (C=O) groups is 1. The third-order valence-corrected chi connectivity index (χ3v) is 4.45. The molecule has 0 saturated carbocycles. The molecule has 4 rings (SSSR count). The highest BCUT2D eigenvalue weighted by Gasteiger charge is 2.11. The first-order valence-corrected chi connectivity index (χ1v) is 9.65. The Labute approximate surface area is 174 Å². The number of nitrogens with one attached hydrogen (secondary N) is 1. The van der Waals surface area contributed by atoms with Crippen LogP contribution in [-0.4, -0.2) is 24.1 Å². The second kappa shape index (κ2) is 8.29. The van der Waals surface area contributed by atoms with Gasteiger partial charge in [0.15, 0.2) is 5.58 Å². The van der Waals surface area contributed by atoms with Crippen LogP contribution >= 0.6 is 0 Å². The molecule has 0 atom stereocenters. The predicted octanol–water partition coefficient (Wildman–Crippen LogP) is 5.54. The van der Waals surface area contributed by atoms with E-state index < -0.39 is 0 Å². The molecule has 0 aliphatic heterocycles. The number of aromatic nitrogens is 1. The van der Waals surface area contributed by atoms with E-state index in [4.69, 9.17) is 13.9 Å². The monoisotopic (exact) mass is 402 g/mol. The van der Waals surface area contributed by atoms with Crippen molar-refractivity contribution in [3.8, 4) is 23.0 Å². The summed E-state index contributed by atoms with van der Waals surface area (Å²) in [5.41, 5.74) is 3.44. The molecule has 3 aromatic carbocycles. The Morgan fingerprint density at radius 2 is 1.80 bits per heavy atom. The number of ether oxygens (including phenoxy) is 2. The minimum absolute atomic E-state index is 0.0452. The lowest BCUT2D eigenvalue weighted by atomic mass is 10.1. The van der Waals surface area contributed by atoms with Crippen LogP contribution in [0.5, 0.6) is 11.5 Å². The normalized spacial score (nSPS) is 10.9.